The molecule has 0 saturated carbocycles. The molecule has 0 bridgehead atoms. The third-order valence-corrected chi connectivity index (χ3v) is 23.4. The smallest absolute Gasteiger partial charge is 0.343 e. The van der Waals surface area contributed by atoms with Crippen molar-refractivity contribution in [3.63, 3.8) is 0 Å². The van der Waals surface area contributed by atoms with E-state index < -0.39 is 11.9 Å². The molecule has 588 valence electrons. The fourth-order valence-corrected chi connectivity index (χ4v) is 17.1. The van der Waals surface area contributed by atoms with Crippen LogP contribution in [0, 0.1) is 6.92 Å². The van der Waals surface area contributed by atoms with Gasteiger partial charge in [0.05, 0.1) is 56.1 Å². The molecule has 0 radical (unpaired) electrons. The highest BCUT2D eigenvalue weighted by Crippen LogP contribution is 2.44. The highest BCUT2D eigenvalue weighted by Gasteiger charge is 2.23. The number of aryl methyl sites for hydroxylation is 1. The Labute approximate surface area is 722 Å². The molecule has 0 aliphatic rings. The van der Waals surface area contributed by atoms with Crippen molar-refractivity contribution in [3.8, 4) is 168 Å². The van der Waals surface area contributed by atoms with Gasteiger partial charge in [0.25, 0.3) is 0 Å². The first-order valence-electron chi connectivity index (χ1n) is 41.6. The van der Waals surface area contributed by atoms with E-state index in [0.29, 0.717) is 22.6 Å². The largest absolute Gasteiger partial charge is 0.423 e. The SMILES string of the molecule is Cc1cccnc1-c1ccc(OC(=O)c2cc(-c3ccccc3-c3ccc(-c4ccccn4)cc3)cc(-c3ccccc3-c3ccc(-c4ccc(-c5cccc6nc(-c7ccc(-c8ccccc8-c8cc(C(=O)Oc9ccc%10c(ccc%11cccnc%11%10)c9)cc(-c9ccccc9-c9ccc(-c%10ccc%11ccccc%11n%10)cc9)c8)cc7)ccc56)cn4)cc3)c2)cc1. The third kappa shape index (κ3) is 15.3. The Hall–Kier alpha value is -16.8. The molecule has 21 rings (SSSR count). The lowest BCUT2D eigenvalue weighted by Crippen LogP contribution is -2.09. The molecule has 0 unspecified atom stereocenters. The van der Waals surface area contributed by atoms with E-state index in [1.54, 1.807) is 12.4 Å². The fourth-order valence-electron chi connectivity index (χ4n) is 17.1. The van der Waals surface area contributed by atoms with Gasteiger partial charge in [0.15, 0.2) is 0 Å². The van der Waals surface area contributed by atoms with Gasteiger partial charge in [0.1, 0.15) is 11.5 Å². The number of ether oxygens (including phenoxy) is 2. The van der Waals surface area contributed by atoms with Gasteiger partial charge in [-0.2, -0.15) is 0 Å². The fraction of sp³-hybridized carbons (Fsp3) is 0.00870. The standard InChI is InChI=1S/C115H74N6O4/c1-73-17-15-63-117-112(73)84-50-54-93(55-51-84)124-114(122)91-67-87(100-24-7-3-20-95(100)74-32-40-79(41-33-74)106-29-12-13-62-116-106)65-88(68-91)101-25-8-4-21-96(101)75-34-42-80(43-35-75)107-59-53-86(72-119-107)99-28-14-31-111-105(99)58-61-110(121-111)82-46-38-77(39-47-82)98-23-6-10-27-103(98)90-66-89(69-92(70-90)115(123)125-94-56-57-104-85(71-94)49-48-83-19-16-64-118-113(83)104)102-26-9-5-22-97(102)76-36-44-81(45-37-76)109-60-52-78-18-2-11-30-108(78)120-109/h2-72H,1H3. The summed E-state index contributed by atoms with van der Waals surface area (Å²) in [5.41, 5.74) is 31.2. The molecule has 10 heteroatoms. The number of carbonyl (C=O) groups is 2. The van der Waals surface area contributed by atoms with Crippen molar-refractivity contribution in [2.24, 2.45) is 0 Å². The first-order chi connectivity index (χ1) is 61.6. The number of nitrogens with zero attached hydrogens (tertiary/aromatic N) is 6. The van der Waals surface area contributed by atoms with Crippen LogP contribution in [0.25, 0.3) is 200 Å². The molecule has 6 heterocycles. The first-order valence-corrected chi connectivity index (χ1v) is 41.6. The van der Waals surface area contributed by atoms with Crippen molar-refractivity contribution in [1.29, 1.82) is 0 Å². The number of aromatic nitrogens is 6. The molecule has 125 heavy (non-hydrogen) atoms. The quantitative estimate of drug-likeness (QED) is 0.0465. The second-order valence-electron chi connectivity index (χ2n) is 31.2. The third-order valence-electron chi connectivity index (χ3n) is 23.4. The maximum Gasteiger partial charge on any atom is 0.343 e. The summed E-state index contributed by atoms with van der Waals surface area (Å²) < 4.78 is 12.5. The van der Waals surface area contributed by atoms with E-state index in [1.165, 1.54) is 0 Å². The number of carbonyl (C=O) groups excluding carboxylic acids is 2. The zero-order valence-corrected chi connectivity index (χ0v) is 67.8. The van der Waals surface area contributed by atoms with Gasteiger partial charge >= 0.3 is 11.9 Å². The van der Waals surface area contributed by atoms with Crippen LogP contribution >= 0.6 is 0 Å². The van der Waals surface area contributed by atoms with Gasteiger partial charge in [-0.05, 0) is 246 Å². The van der Waals surface area contributed by atoms with Crippen LogP contribution in [-0.4, -0.2) is 41.8 Å². The predicted octanol–water partition coefficient (Wildman–Crippen LogP) is 28.8. The van der Waals surface area contributed by atoms with Gasteiger partial charge in [-0.15, -0.1) is 0 Å². The van der Waals surface area contributed by atoms with Crippen molar-refractivity contribution in [2.45, 2.75) is 6.92 Å². The Kier molecular flexibility index (Phi) is 20.0. The van der Waals surface area contributed by atoms with Crippen molar-refractivity contribution in [1.82, 2.24) is 29.9 Å². The molecule has 15 aromatic carbocycles. The minimum absolute atomic E-state index is 0.407. The molecular formula is C115H74N6O4. The first kappa shape index (κ1) is 75.6. The number of hydrogen-bond donors (Lipinski definition) is 0. The monoisotopic (exact) mass is 1600 g/mol. The number of rotatable bonds is 18. The van der Waals surface area contributed by atoms with Crippen molar-refractivity contribution < 1.29 is 19.1 Å². The Morgan fingerprint density at radius 2 is 0.616 bits per heavy atom. The van der Waals surface area contributed by atoms with Crippen molar-refractivity contribution in [2.75, 3.05) is 0 Å². The summed E-state index contributed by atoms with van der Waals surface area (Å²) in [5.74, 6) is -0.0871. The zero-order valence-electron chi connectivity index (χ0n) is 67.8. The van der Waals surface area contributed by atoms with Gasteiger partial charge in [0, 0.05) is 79.7 Å². The maximum atomic E-state index is 14.9. The highest BCUT2D eigenvalue weighted by molar-refractivity contribution is 6.07. The number of para-hydroxylation sites is 1. The second-order valence-corrected chi connectivity index (χ2v) is 31.2. The number of pyridine rings is 6. The molecule has 0 saturated heterocycles. The zero-order chi connectivity index (χ0) is 83.7. The molecule has 21 aromatic rings. The summed E-state index contributed by atoms with van der Waals surface area (Å²) in [6, 6.07) is 138. The van der Waals surface area contributed by atoms with E-state index in [9.17, 15) is 9.59 Å². The minimum atomic E-state index is -0.476. The summed E-state index contributed by atoms with van der Waals surface area (Å²) >= 11 is 0. The minimum Gasteiger partial charge on any atom is -0.423 e. The van der Waals surface area contributed by atoms with Gasteiger partial charge in [-0.25, -0.2) is 19.6 Å². The van der Waals surface area contributed by atoms with Gasteiger partial charge in [0.2, 0.25) is 0 Å². The summed E-state index contributed by atoms with van der Waals surface area (Å²) in [5, 5.41) is 5.05. The van der Waals surface area contributed by atoms with Crippen molar-refractivity contribution in [3.05, 3.63) is 448 Å². The van der Waals surface area contributed by atoms with E-state index in [4.69, 9.17) is 24.4 Å². The lowest BCUT2D eigenvalue weighted by atomic mass is 9.88. The lowest BCUT2D eigenvalue weighted by Gasteiger charge is -2.16. The summed E-state index contributed by atoms with van der Waals surface area (Å²) in [7, 11) is 0. The summed E-state index contributed by atoms with van der Waals surface area (Å²) in [6.45, 7) is 2.03. The van der Waals surface area contributed by atoms with Gasteiger partial charge < -0.3 is 9.47 Å². The average molecular weight is 1600 g/mol. The summed E-state index contributed by atoms with van der Waals surface area (Å²) in [4.78, 5) is 58.8. The number of benzene rings is 15. The summed E-state index contributed by atoms with van der Waals surface area (Å²) in [6.07, 6.45) is 7.33. The van der Waals surface area contributed by atoms with Crippen LogP contribution in [-0.2, 0) is 0 Å². The number of fused-ring (bicyclic) bond motifs is 5. The van der Waals surface area contributed by atoms with Crippen LogP contribution in [0.2, 0.25) is 0 Å². The Morgan fingerprint density at radius 1 is 0.232 bits per heavy atom. The molecule has 0 spiro atoms. The molecule has 0 aliphatic heterocycles. The predicted molar refractivity (Wildman–Crippen MR) is 507 cm³/mol. The Balaban J connectivity index is 0.549. The molecule has 0 atom stereocenters. The van der Waals surface area contributed by atoms with Gasteiger partial charge in [-0.3, -0.25) is 19.9 Å². The van der Waals surface area contributed by atoms with Crippen LogP contribution < -0.4 is 9.47 Å². The number of hydrogen-bond acceptors (Lipinski definition) is 10. The normalized spacial score (nSPS) is 11.3. The van der Waals surface area contributed by atoms with Crippen LogP contribution in [0.15, 0.2) is 431 Å². The van der Waals surface area contributed by atoms with Crippen LogP contribution in [0.5, 0.6) is 11.5 Å². The molecule has 0 aliphatic carbocycles. The van der Waals surface area contributed by atoms with E-state index in [-0.39, 0.29) is 0 Å². The lowest BCUT2D eigenvalue weighted by molar-refractivity contribution is 0.0725. The molecule has 0 amide bonds. The molecule has 0 fully saturated rings. The van der Waals surface area contributed by atoms with E-state index >= 15 is 0 Å². The Bertz CT molecular complexity index is 7730. The Morgan fingerprint density at radius 3 is 1.14 bits per heavy atom. The number of esters is 2. The van der Waals surface area contributed by atoms with Crippen LogP contribution in [0.3, 0.4) is 0 Å². The molecule has 10 nitrogen and oxygen atoms in total. The molecule has 0 N–H and O–H groups in total. The van der Waals surface area contributed by atoms with E-state index in [0.717, 1.165) is 205 Å². The highest BCUT2D eigenvalue weighted by atomic mass is 16.5. The second kappa shape index (κ2) is 33.1. The average Bonchev–Trinajstić information content (AvgIpc) is 0.784. The van der Waals surface area contributed by atoms with Crippen LogP contribution in [0.1, 0.15) is 26.3 Å². The molecular weight excluding hydrogens is 1530 g/mol. The van der Waals surface area contributed by atoms with Crippen LogP contribution in [0.4, 0.5) is 0 Å². The van der Waals surface area contributed by atoms with E-state index in [1.807, 2.05) is 189 Å². The topological polar surface area (TPSA) is 130 Å². The maximum absolute atomic E-state index is 14.9. The van der Waals surface area contributed by atoms with E-state index in [2.05, 4.69) is 252 Å². The van der Waals surface area contributed by atoms with Gasteiger partial charge in [-0.1, -0.05) is 273 Å². The van der Waals surface area contributed by atoms with Crippen molar-refractivity contribution >= 4 is 55.4 Å². The molecule has 6 aromatic heterocycles.